The molecule has 9 nitrogen and oxygen atoms in total. The van der Waals surface area contributed by atoms with Crippen LogP contribution in [0.5, 0.6) is 0 Å². The summed E-state index contributed by atoms with van der Waals surface area (Å²) in [4.78, 5) is 13.0. The summed E-state index contributed by atoms with van der Waals surface area (Å²) in [7, 11) is 0. The number of rotatable bonds is 44. The summed E-state index contributed by atoms with van der Waals surface area (Å²) in [5, 5.41) is 54.4. The van der Waals surface area contributed by atoms with Crippen molar-refractivity contribution >= 4 is 5.91 Å². The molecular weight excluding hydrogens is 743 g/mol. The zero-order valence-electron chi connectivity index (χ0n) is 38.8. The van der Waals surface area contributed by atoms with Crippen LogP contribution in [0.2, 0.25) is 0 Å². The summed E-state index contributed by atoms with van der Waals surface area (Å²) in [6, 6.07) is -0.711. The topological polar surface area (TPSA) is 149 Å². The highest BCUT2D eigenvalue weighted by Crippen LogP contribution is 2.23. The fourth-order valence-corrected chi connectivity index (χ4v) is 8.58. The lowest BCUT2D eigenvalue weighted by molar-refractivity contribution is -0.302. The van der Waals surface area contributed by atoms with Crippen LogP contribution in [0.1, 0.15) is 258 Å². The predicted molar refractivity (Wildman–Crippen MR) is 244 cm³/mol. The molecule has 1 aliphatic rings. The van der Waals surface area contributed by atoms with Gasteiger partial charge < -0.3 is 40.3 Å². The van der Waals surface area contributed by atoms with Gasteiger partial charge in [0.2, 0.25) is 5.91 Å². The van der Waals surface area contributed by atoms with Crippen LogP contribution < -0.4 is 5.32 Å². The number of hydrogen-bond acceptors (Lipinski definition) is 8. The summed E-state index contributed by atoms with van der Waals surface area (Å²) < 4.78 is 11.3. The Morgan fingerprint density at radius 2 is 0.847 bits per heavy atom. The second kappa shape index (κ2) is 41.2. The molecule has 0 aromatic carbocycles. The van der Waals surface area contributed by atoms with E-state index in [1.807, 2.05) is 0 Å². The van der Waals surface area contributed by atoms with Gasteiger partial charge in [-0.2, -0.15) is 0 Å². The van der Waals surface area contributed by atoms with E-state index in [0.29, 0.717) is 12.8 Å². The van der Waals surface area contributed by atoms with Crippen molar-refractivity contribution in [2.75, 3.05) is 13.2 Å². The van der Waals surface area contributed by atoms with Gasteiger partial charge in [-0.15, -0.1) is 0 Å². The molecule has 0 radical (unpaired) electrons. The summed E-state index contributed by atoms with van der Waals surface area (Å²) in [5.41, 5.74) is 0. The van der Waals surface area contributed by atoms with Crippen molar-refractivity contribution < 1.29 is 39.8 Å². The Balaban J connectivity index is 2.21. The molecule has 6 N–H and O–H groups in total. The fraction of sp³-hybridized carbons (Fsp3) is 0.980. The predicted octanol–water partition coefficient (Wildman–Crippen LogP) is 11.5. The van der Waals surface area contributed by atoms with Crippen LogP contribution in [-0.2, 0) is 14.3 Å². The van der Waals surface area contributed by atoms with Crippen molar-refractivity contribution in [3.05, 3.63) is 0 Å². The van der Waals surface area contributed by atoms with E-state index >= 15 is 0 Å². The molecule has 1 rings (SSSR count). The van der Waals surface area contributed by atoms with E-state index in [0.717, 1.165) is 38.5 Å². The number of aliphatic hydroxyl groups is 5. The van der Waals surface area contributed by atoms with Crippen molar-refractivity contribution in [3.63, 3.8) is 0 Å². The Kier molecular flexibility index (Phi) is 39.3. The smallest absolute Gasteiger partial charge is 0.220 e. The third-order valence-electron chi connectivity index (χ3n) is 12.7. The first-order chi connectivity index (χ1) is 28.8. The van der Waals surface area contributed by atoms with Gasteiger partial charge in [0.05, 0.1) is 25.4 Å². The van der Waals surface area contributed by atoms with Crippen molar-refractivity contribution in [1.29, 1.82) is 0 Å². The zero-order valence-corrected chi connectivity index (χ0v) is 38.8. The van der Waals surface area contributed by atoms with E-state index in [9.17, 15) is 30.3 Å². The molecule has 1 amide bonds. The van der Waals surface area contributed by atoms with E-state index in [1.165, 1.54) is 193 Å². The Labute approximate surface area is 364 Å². The van der Waals surface area contributed by atoms with Crippen LogP contribution >= 0.6 is 0 Å². The molecule has 1 heterocycles. The van der Waals surface area contributed by atoms with Gasteiger partial charge in [-0.05, 0) is 12.8 Å². The van der Waals surface area contributed by atoms with E-state index in [4.69, 9.17) is 9.47 Å². The van der Waals surface area contributed by atoms with E-state index < -0.39 is 49.5 Å². The highest BCUT2D eigenvalue weighted by Gasteiger charge is 2.44. The number of carbonyl (C=O) groups is 1. The van der Waals surface area contributed by atoms with Crippen molar-refractivity contribution in [1.82, 2.24) is 5.32 Å². The Morgan fingerprint density at radius 3 is 1.20 bits per heavy atom. The molecule has 0 spiro atoms. The molecule has 0 aromatic rings. The Morgan fingerprint density at radius 1 is 0.508 bits per heavy atom. The maximum atomic E-state index is 13.0. The molecule has 0 aromatic heterocycles. The van der Waals surface area contributed by atoms with Crippen LogP contribution in [0.4, 0.5) is 0 Å². The summed E-state index contributed by atoms with van der Waals surface area (Å²) in [6.45, 7) is 3.86. The fourth-order valence-electron chi connectivity index (χ4n) is 8.58. The van der Waals surface area contributed by atoms with Gasteiger partial charge in [-0.3, -0.25) is 4.79 Å². The Bertz CT molecular complexity index is 893. The Hall–Kier alpha value is -0.810. The highest BCUT2D eigenvalue weighted by molar-refractivity contribution is 5.76. The summed E-state index contributed by atoms with van der Waals surface area (Å²) >= 11 is 0. The quantitative estimate of drug-likeness (QED) is 0.0332. The van der Waals surface area contributed by atoms with Crippen molar-refractivity contribution in [2.24, 2.45) is 0 Å². The number of hydrogen-bond donors (Lipinski definition) is 6. The molecule has 352 valence electrons. The van der Waals surface area contributed by atoms with Crippen LogP contribution in [0.3, 0.4) is 0 Å². The first-order valence-electron chi connectivity index (χ1n) is 25.7. The SMILES string of the molecule is CCCCCCCCCCCCCCCCCCCCCCCCCC(=O)N[C@@H](CO[C@@H]1O[C@H](CO)[C@@H](O)[C@H](O)[C@H]1O)[C@H](O)CCCCCCCCCCCCCCC. The average molecular weight is 842 g/mol. The van der Waals surface area contributed by atoms with Gasteiger partial charge in [-0.25, -0.2) is 0 Å². The number of nitrogens with one attached hydrogen (secondary N) is 1. The largest absolute Gasteiger partial charge is 0.394 e. The van der Waals surface area contributed by atoms with Crippen LogP contribution in [0.15, 0.2) is 0 Å². The maximum absolute atomic E-state index is 13.0. The monoisotopic (exact) mass is 842 g/mol. The van der Waals surface area contributed by atoms with Gasteiger partial charge in [0.25, 0.3) is 0 Å². The lowest BCUT2D eigenvalue weighted by Gasteiger charge is -2.40. The lowest BCUT2D eigenvalue weighted by atomic mass is 9.99. The van der Waals surface area contributed by atoms with E-state index in [-0.39, 0.29) is 12.5 Å². The summed E-state index contributed by atoms with van der Waals surface area (Å²) in [5.74, 6) is -0.139. The summed E-state index contributed by atoms with van der Waals surface area (Å²) in [6.07, 6.45) is 39.8. The van der Waals surface area contributed by atoms with E-state index in [2.05, 4.69) is 19.2 Å². The average Bonchev–Trinajstić information content (AvgIpc) is 3.23. The van der Waals surface area contributed by atoms with Gasteiger partial charge in [0.1, 0.15) is 24.4 Å². The molecule has 0 unspecified atom stereocenters. The lowest BCUT2D eigenvalue weighted by Crippen LogP contribution is -2.60. The normalized spacial score (nSPS) is 20.6. The molecule has 59 heavy (non-hydrogen) atoms. The molecule has 1 aliphatic heterocycles. The second-order valence-corrected chi connectivity index (χ2v) is 18.3. The number of aliphatic hydroxyl groups excluding tert-OH is 5. The molecule has 0 saturated carbocycles. The minimum Gasteiger partial charge on any atom is -0.394 e. The molecule has 1 fully saturated rings. The van der Waals surface area contributed by atoms with Crippen LogP contribution in [0.25, 0.3) is 0 Å². The minimum atomic E-state index is -1.55. The molecular formula is C50H99NO8. The third-order valence-corrected chi connectivity index (χ3v) is 12.7. The second-order valence-electron chi connectivity index (χ2n) is 18.3. The molecule has 0 bridgehead atoms. The van der Waals surface area contributed by atoms with Crippen LogP contribution in [0, 0.1) is 0 Å². The van der Waals surface area contributed by atoms with Crippen LogP contribution in [-0.4, -0.2) is 87.5 Å². The number of carbonyl (C=O) groups excluding carboxylic acids is 1. The van der Waals surface area contributed by atoms with Crippen molar-refractivity contribution in [2.45, 2.75) is 301 Å². The molecule has 7 atom stereocenters. The molecule has 9 heteroatoms. The minimum absolute atomic E-state index is 0.132. The first kappa shape index (κ1) is 56.2. The van der Waals surface area contributed by atoms with Gasteiger partial charge >= 0.3 is 0 Å². The number of amides is 1. The standard InChI is InChI=1S/C50H99NO8/c1-3-5-7-9-11-13-15-17-18-19-20-21-22-23-24-25-26-28-30-32-34-36-38-40-46(54)51-43(42-58-50-49(57)48(56)47(55)45(41-52)59-50)44(53)39-37-35-33-31-29-27-16-14-12-10-8-6-4-2/h43-45,47-50,52-53,55-57H,3-42H2,1-2H3,(H,51,54)/t43-,44+,45+,47+,48-,49+,50+/m0/s1. The van der Waals surface area contributed by atoms with Crippen molar-refractivity contribution in [3.8, 4) is 0 Å². The van der Waals surface area contributed by atoms with Gasteiger partial charge in [-0.1, -0.05) is 239 Å². The number of ether oxygens (including phenoxy) is 2. The first-order valence-corrected chi connectivity index (χ1v) is 25.7. The van der Waals surface area contributed by atoms with Gasteiger partial charge in [0.15, 0.2) is 6.29 Å². The maximum Gasteiger partial charge on any atom is 0.220 e. The highest BCUT2D eigenvalue weighted by atomic mass is 16.7. The molecule has 0 aliphatic carbocycles. The molecule has 1 saturated heterocycles. The zero-order chi connectivity index (χ0) is 43.0. The van der Waals surface area contributed by atoms with E-state index in [1.54, 1.807) is 0 Å². The van der Waals surface area contributed by atoms with Gasteiger partial charge in [0, 0.05) is 6.42 Å². The third kappa shape index (κ3) is 31.6. The number of unbranched alkanes of at least 4 members (excludes halogenated alkanes) is 34.